The number of oxime groups is 1. The number of aliphatic hydroxyl groups is 4. The zero-order chi connectivity index (χ0) is 35.2. The minimum Gasteiger partial charge on any atom is -0.493 e. The third-order valence-corrected chi connectivity index (χ3v) is 8.88. The third kappa shape index (κ3) is 7.38. The number of aryl methyl sites for hydroxylation is 1. The molecule has 2 aliphatic rings. The monoisotopic (exact) mass is 683 g/mol. The number of carbonyl (C=O) groups is 1. The molecule has 2 unspecified atom stereocenters. The quantitative estimate of drug-likeness (QED) is 0.104. The maximum absolute atomic E-state index is 12.7. The molecule has 6 rings (SSSR count). The number of nitrogens with one attached hydrogen (secondary N) is 2. The van der Waals surface area contributed by atoms with Gasteiger partial charge in [-0.2, -0.15) is 0 Å². The normalized spacial score (nSPS) is 16.5. The molecule has 0 bridgehead atoms. The summed E-state index contributed by atoms with van der Waals surface area (Å²) in [6.45, 7) is 1.55. The van der Waals surface area contributed by atoms with E-state index in [0.717, 1.165) is 27.9 Å². The van der Waals surface area contributed by atoms with Gasteiger partial charge >= 0.3 is 0 Å². The van der Waals surface area contributed by atoms with Crippen LogP contribution in [0.15, 0.2) is 71.9 Å². The number of ether oxygens (including phenoxy) is 3. The van der Waals surface area contributed by atoms with Crippen molar-refractivity contribution in [2.45, 2.75) is 58.5 Å². The van der Waals surface area contributed by atoms with Crippen LogP contribution in [0.1, 0.15) is 80.0 Å². The van der Waals surface area contributed by atoms with Crippen molar-refractivity contribution < 1.29 is 44.3 Å². The van der Waals surface area contributed by atoms with Gasteiger partial charge in [0.05, 0.1) is 58.0 Å². The smallest absolute Gasteiger partial charge is 0.255 e. The minimum atomic E-state index is -0.444. The molecule has 12 heteroatoms. The highest BCUT2D eigenvalue weighted by molar-refractivity contribution is 6.02. The lowest BCUT2D eigenvalue weighted by atomic mass is 9.93. The van der Waals surface area contributed by atoms with Gasteiger partial charge in [-0.05, 0) is 89.3 Å². The Hall–Kier alpha value is -5.14. The van der Waals surface area contributed by atoms with E-state index in [0.29, 0.717) is 76.8 Å². The molecule has 0 aromatic heterocycles. The molecule has 2 heterocycles. The van der Waals surface area contributed by atoms with Gasteiger partial charge in [0.15, 0.2) is 17.6 Å². The van der Waals surface area contributed by atoms with E-state index in [1.54, 1.807) is 31.4 Å². The Morgan fingerprint density at radius 3 is 2.18 bits per heavy atom. The second kappa shape index (κ2) is 15.6. The first-order valence-electron chi connectivity index (χ1n) is 16.4. The molecule has 0 spiro atoms. The Balaban J connectivity index is 1.04. The standard InChI is InChI=1S/C38H41N3O9/c1-22-4-7-31-29(12-22)38(46)40-37(39-31)24-6-8-33(28(13-24)20-44)48-10-3-11-49-36-16-23(5-9-34(36)47-2)32-17-35(50-41-32)25-14-26(18-42)30(21-45)27(15-25)19-43/h4-9,12-16,35,37,39,42-45H,3,10-11,17-21H2,1-2H3,(H,40,46). The fraction of sp³-hybridized carbons (Fsp3) is 0.316. The van der Waals surface area contributed by atoms with Crippen LogP contribution < -0.4 is 24.8 Å². The lowest BCUT2D eigenvalue weighted by Crippen LogP contribution is -2.38. The molecule has 262 valence electrons. The largest absolute Gasteiger partial charge is 0.493 e. The van der Waals surface area contributed by atoms with Crippen molar-refractivity contribution in [2.75, 3.05) is 25.6 Å². The van der Waals surface area contributed by atoms with Crippen LogP contribution in [0.25, 0.3) is 0 Å². The first-order chi connectivity index (χ1) is 24.3. The van der Waals surface area contributed by atoms with Crippen LogP contribution >= 0.6 is 0 Å². The zero-order valence-corrected chi connectivity index (χ0v) is 27.9. The molecule has 0 aliphatic carbocycles. The van der Waals surface area contributed by atoms with Crippen LogP contribution in [0.2, 0.25) is 0 Å². The van der Waals surface area contributed by atoms with Crippen LogP contribution in [-0.4, -0.2) is 52.4 Å². The Labute approximate surface area is 289 Å². The summed E-state index contributed by atoms with van der Waals surface area (Å²) in [5, 5.41) is 50.0. The number of hydrogen-bond donors (Lipinski definition) is 6. The molecular formula is C38H41N3O9. The van der Waals surface area contributed by atoms with Crippen molar-refractivity contribution in [3.8, 4) is 17.2 Å². The molecule has 6 N–H and O–H groups in total. The van der Waals surface area contributed by atoms with Crippen molar-refractivity contribution in [3.63, 3.8) is 0 Å². The molecule has 4 aromatic rings. The summed E-state index contributed by atoms with van der Waals surface area (Å²) < 4.78 is 17.6. The molecule has 2 aliphatic heterocycles. The number of hydrogen-bond acceptors (Lipinski definition) is 11. The second-order valence-electron chi connectivity index (χ2n) is 12.2. The van der Waals surface area contributed by atoms with Gasteiger partial charge in [-0.1, -0.05) is 22.9 Å². The highest BCUT2D eigenvalue weighted by atomic mass is 16.6. The van der Waals surface area contributed by atoms with E-state index in [9.17, 15) is 25.2 Å². The number of anilines is 1. The highest BCUT2D eigenvalue weighted by Crippen LogP contribution is 2.35. The fourth-order valence-corrected chi connectivity index (χ4v) is 6.20. The molecule has 12 nitrogen and oxygen atoms in total. The number of fused-ring (bicyclic) bond motifs is 1. The number of amides is 1. The van der Waals surface area contributed by atoms with E-state index >= 15 is 0 Å². The van der Waals surface area contributed by atoms with Gasteiger partial charge in [0.2, 0.25) is 0 Å². The maximum atomic E-state index is 12.7. The van der Waals surface area contributed by atoms with E-state index in [1.807, 2.05) is 49.4 Å². The summed E-state index contributed by atoms with van der Waals surface area (Å²) in [5.74, 6) is 1.48. The molecule has 0 radical (unpaired) electrons. The van der Waals surface area contributed by atoms with Gasteiger partial charge in [0.1, 0.15) is 11.9 Å². The van der Waals surface area contributed by atoms with E-state index in [2.05, 4.69) is 15.8 Å². The zero-order valence-electron chi connectivity index (χ0n) is 27.9. The van der Waals surface area contributed by atoms with Gasteiger partial charge in [0.25, 0.3) is 5.91 Å². The predicted molar refractivity (Wildman–Crippen MR) is 185 cm³/mol. The Kier molecular flexibility index (Phi) is 10.8. The topological polar surface area (TPSA) is 171 Å². The van der Waals surface area contributed by atoms with Crippen LogP contribution in [0.4, 0.5) is 5.69 Å². The molecule has 1 amide bonds. The number of aliphatic hydroxyl groups excluding tert-OH is 4. The maximum Gasteiger partial charge on any atom is 0.255 e. The summed E-state index contributed by atoms with van der Waals surface area (Å²) >= 11 is 0. The van der Waals surface area contributed by atoms with Crippen molar-refractivity contribution in [3.05, 3.63) is 117 Å². The average molecular weight is 684 g/mol. The third-order valence-electron chi connectivity index (χ3n) is 8.88. The van der Waals surface area contributed by atoms with E-state index < -0.39 is 12.3 Å². The van der Waals surface area contributed by atoms with Crippen LogP contribution in [0.5, 0.6) is 17.2 Å². The number of carbonyl (C=O) groups excluding carboxylic acids is 1. The van der Waals surface area contributed by atoms with E-state index in [-0.39, 0.29) is 32.3 Å². The molecule has 2 atom stereocenters. The predicted octanol–water partition coefficient (Wildman–Crippen LogP) is 4.54. The van der Waals surface area contributed by atoms with Crippen molar-refractivity contribution in [1.29, 1.82) is 0 Å². The Morgan fingerprint density at radius 1 is 0.780 bits per heavy atom. The molecule has 4 aromatic carbocycles. The second-order valence-corrected chi connectivity index (χ2v) is 12.2. The summed E-state index contributed by atoms with van der Waals surface area (Å²) in [7, 11) is 1.57. The Bertz CT molecular complexity index is 1870. The first-order valence-corrected chi connectivity index (χ1v) is 16.4. The molecular weight excluding hydrogens is 642 g/mol. The molecule has 0 saturated heterocycles. The molecule has 50 heavy (non-hydrogen) atoms. The van der Waals surface area contributed by atoms with Gasteiger partial charge in [-0.15, -0.1) is 0 Å². The highest BCUT2D eigenvalue weighted by Gasteiger charge is 2.27. The number of methoxy groups -OCH3 is 1. The number of nitrogens with zero attached hydrogens (tertiary/aromatic N) is 1. The summed E-state index contributed by atoms with van der Waals surface area (Å²) in [6.07, 6.45) is 0.136. The van der Waals surface area contributed by atoms with Crippen LogP contribution in [0, 0.1) is 6.92 Å². The minimum absolute atomic E-state index is 0.158. The summed E-state index contributed by atoms with van der Waals surface area (Å²) in [5.41, 5.74) is 7.59. The summed E-state index contributed by atoms with van der Waals surface area (Å²) in [4.78, 5) is 18.5. The lowest BCUT2D eigenvalue weighted by molar-refractivity contribution is 0.0853. The van der Waals surface area contributed by atoms with Gasteiger partial charge < -0.3 is 50.1 Å². The fourth-order valence-electron chi connectivity index (χ4n) is 6.20. The van der Waals surface area contributed by atoms with Gasteiger partial charge in [-0.3, -0.25) is 4.79 Å². The van der Waals surface area contributed by atoms with Gasteiger partial charge in [-0.25, -0.2) is 0 Å². The van der Waals surface area contributed by atoms with Gasteiger partial charge in [0, 0.05) is 29.7 Å². The average Bonchev–Trinajstić information content (AvgIpc) is 3.65. The first kappa shape index (κ1) is 34.7. The number of benzene rings is 4. The SMILES string of the molecule is COc1ccc(C2=NOC(c3cc(CO)c(CO)c(CO)c3)C2)cc1OCCCOc1ccc(C2NC(=O)c3cc(C)ccc3N2)cc1CO. The summed E-state index contributed by atoms with van der Waals surface area (Å²) in [6, 6.07) is 20.2. The van der Waals surface area contributed by atoms with Crippen molar-refractivity contribution in [2.24, 2.45) is 5.16 Å². The Morgan fingerprint density at radius 2 is 1.48 bits per heavy atom. The van der Waals surface area contributed by atoms with Crippen molar-refractivity contribution in [1.82, 2.24) is 5.32 Å². The van der Waals surface area contributed by atoms with Crippen molar-refractivity contribution >= 4 is 17.3 Å². The van der Waals surface area contributed by atoms with E-state index in [4.69, 9.17) is 19.0 Å². The van der Waals surface area contributed by atoms with Crippen LogP contribution in [0.3, 0.4) is 0 Å². The lowest BCUT2D eigenvalue weighted by Gasteiger charge is -2.29. The van der Waals surface area contributed by atoms with E-state index in [1.165, 1.54) is 0 Å². The number of rotatable bonds is 14. The molecule has 0 saturated carbocycles. The van der Waals surface area contributed by atoms with Crippen LogP contribution in [-0.2, 0) is 31.3 Å². The molecule has 0 fully saturated rings.